The van der Waals surface area contributed by atoms with E-state index in [1.54, 1.807) is 0 Å². The second kappa shape index (κ2) is 3.52. The third-order valence-corrected chi connectivity index (χ3v) is 1.75. The minimum Gasteiger partial charge on any atom is -0.325 e. The lowest BCUT2D eigenvalue weighted by Gasteiger charge is -1.99. The Kier molecular flexibility index (Phi) is 2.20. The summed E-state index contributed by atoms with van der Waals surface area (Å²) in [6, 6.07) is 1.26. The van der Waals surface area contributed by atoms with Gasteiger partial charge in [0.15, 0.2) is 11.6 Å². The van der Waals surface area contributed by atoms with Gasteiger partial charge in [0.2, 0.25) is 0 Å². The molecule has 0 unspecified atom stereocenters. The fourth-order valence-corrected chi connectivity index (χ4v) is 1.09. The van der Waals surface area contributed by atoms with E-state index in [1.807, 2.05) is 4.98 Å². The highest BCUT2D eigenvalue weighted by atomic mass is 19.2. The SMILES string of the molecule is O=c1[nH]cc(F)c(F)c1-c1ccnnn1. The van der Waals surface area contributed by atoms with Gasteiger partial charge < -0.3 is 4.98 Å². The first kappa shape index (κ1) is 9.38. The van der Waals surface area contributed by atoms with Crippen LogP contribution in [0.2, 0.25) is 0 Å². The molecule has 0 fully saturated rings. The van der Waals surface area contributed by atoms with Crippen molar-refractivity contribution in [1.29, 1.82) is 0 Å². The summed E-state index contributed by atoms with van der Waals surface area (Å²) >= 11 is 0. The zero-order valence-electron chi connectivity index (χ0n) is 7.24. The van der Waals surface area contributed by atoms with Crippen LogP contribution in [-0.2, 0) is 0 Å². The monoisotopic (exact) mass is 210 g/mol. The largest absolute Gasteiger partial charge is 0.325 e. The summed E-state index contributed by atoms with van der Waals surface area (Å²) in [6.07, 6.45) is 1.88. The van der Waals surface area contributed by atoms with Crippen LogP contribution in [0, 0.1) is 11.6 Å². The molecule has 0 aliphatic carbocycles. The second-order valence-corrected chi connectivity index (χ2v) is 2.66. The van der Waals surface area contributed by atoms with Crippen LogP contribution < -0.4 is 5.56 Å². The minimum absolute atomic E-state index is 0.0664. The lowest BCUT2D eigenvalue weighted by molar-refractivity contribution is 0.504. The van der Waals surface area contributed by atoms with Gasteiger partial charge in [0, 0.05) is 6.20 Å². The van der Waals surface area contributed by atoms with E-state index in [4.69, 9.17) is 0 Å². The van der Waals surface area contributed by atoms with Crippen LogP contribution in [0.25, 0.3) is 11.3 Å². The predicted octanol–water partition coefficient (Wildman–Crippen LogP) is 0.505. The van der Waals surface area contributed by atoms with E-state index in [2.05, 4.69) is 15.4 Å². The Morgan fingerprint density at radius 3 is 2.80 bits per heavy atom. The van der Waals surface area contributed by atoms with Crippen LogP contribution in [0.4, 0.5) is 8.78 Å². The summed E-state index contributed by atoms with van der Waals surface area (Å²) in [4.78, 5) is 13.3. The van der Waals surface area contributed by atoms with Gasteiger partial charge in [-0.2, -0.15) is 0 Å². The fourth-order valence-electron chi connectivity index (χ4n) is 1.09. The summed E-state index contributed by atoms with van der Waals surface area (Å²) in [6.45, 7) is 0. The fraction of sp³-hybridized carbons (Fsp3) is 0. The van der Waals surface area contributed by atoms with Crippen LogP contribution in [-0.4, -0.2) is 20.4 Å². The maximum Gasteiger partial charge on any atom is 0.260 e. The van der Waals surface area contributed by atoms with Crippen molar-refractivity contribution >= 4 is 0 Å². The van der Waals surface area contributed by atoms with Crippen LogP contribution in [0.5, 0.6) is 0 Å². The molecule has 0 saturated heterocycles. The first-order valence-electron chi connectivity index (χ1n) is 3.91. The lowest BCUT2D eigenvalue weighted by Crippen LogP contribution is -2.13. The maximum atomic E-state index is 13.3. The molecular formula is C8H4F2N4O. The van der Waals surface area contributed by atoms with Gasteiger partial charge in [0.25, 0.3) is 5.56 Å². The Balaban J connectivity index is 2.73. The number of pyridine rings is 1. The molecule has 0 spiro atoms. The molecule has 2 rings (SSSR count). The Bertz CT molecular complexity index is 540. The molecule has 2 aromatic rings. The average molecular weight is 210 g/mol. The van der Waals surface area contributed by atoms with Crippen molar-refractivity contribution in [2.45, 2.75) is 0 Å². The van der Waals surface area contributed by atoms with Gasteiger partial charge in [-0.15, -0.1) is 10.2 Å². The third kappa shape index (κ3) is 1.58. The molecule has 0 saturated carbocycles. The molecular weight excluding hydrogens is 206 g/mol. The molecule has 0 radical (unpaired) electrons. The van der Waals surface area contributed by atoms with Gasteiger partial charge in [-0.25, -0.2) is 8.78 Å². The highest BCUT2D eigenvalue weighted by Gasteiger charge is 2.15. The van der Waals surface area contributed by atoms with Gasteiger partial charge in [0.05, 0.1) is 6.20 Å². The molecule has 0 amide bonds. The van der Waals surface area contributed by atoms with E-state index in [9.17, 15) is 13.6 Å². The van der Waals surface area contributed by atoms with Crippen molar-refractivity contribution in [2.24, 2.45) is 0 Å². The number of aromatic nitrogens is 4. The molecule has 15 heavy (non-hydrogen) atoms. The van der Waals surface area contributed by atoms with Crippen molar-refractivity contribution in [3.8, 4) is 11.3 Å². The zero-order valence-corrected chi connectivity index (χ0v) is 7.24. The summed E-state index contributed by atoms with van der Waals surface area (Å²) in [5.41, 5.74) is -1.32. The average Bonchev–Trinajstić information content (AvgIpc) is 2.26. The number of halogens is 2. The van der Waals surface area contributed by atoms with Crippen LogP contribution in [0.15, 0.2) is 23.3 Å². The molecule has 2 heterocycles. The van der Waals surface area contributed by atoms with E-state index >= 15 is 0 Å². The molecule has 7 heteroatoms. The summed E-state index contributed by atoms with van der Waals surface area (Å²) < 4.78 is 26.1. The molecule has 0 bridgehead atoms. The molecule has 0 aromatic carbocycles. The maximum absolute atomic E-state index is 13.3. The van der Waals surface area contributed by atoms with E-state index < -0.39 is 22.8 Å². The molecule has 0 aliphatic rings. The normalized spacial score (nSPS) is 10.3. The van der Waals surface area contributed by atoms with E-state index in [-0.39, 0.29) is 5.69 Å². The smallest absolute Gasteiger partial charge is 0.260 e. The molecule has 2 aromatic heterocycles. The van der Waals surface area contributed by atoms with Gasteiger partial charge in [-0.3, -0.25) is 4.79 Å². The number of hydrogen-bond acceptors (Lipinski definition) is 4. The number of hydrogen-bond donors (Lipinski definition) is 1. The predicted molar refractivity (Wildman–Crippen MR) is 45.8 cm³/mol. The zero-order chi connectivity index (χ0) is 10.8. The van der Waals surface area contributed by atoms with Crippen LogP contribution in [0.1, 0.15) is 0 Å². The highest BCUT2D eigenvalue weighted by molar-refractivity contribution is 5.57. The number of nitrogens with one attached hydrogen (secondary N) is 1. The van der Waals surface area contributed by atoms with E-state index in [1.165, 1.54) is 12.3 Å². The second-order valence-electron chi connectivity index (χ2n) is 2.66. The summed E-state index contributed by atoms with van der Waals surface area (Å²) in [7, 11) is 0. The Morgan fingerprint density at radius 2 is 2.13 bits per heavy atom. The number of nitrogens with zero attached hydrogens (tertiary/aromatic N) is 3. The van der Waals surface area contributed by atoms with Crippen molar-refractivity contribution in [3.05, 3.63) is 40.4 Å². The molecule has 0 atom stereocenters. The molecule has 0 aliphatic heterocycles. The Hall–Kier alpha value is -2.18. The third-order valence-electron chi connectivity index (χ3n) is 1.75. The van der Waals surface area contributed by atoms with Crippen molar-refractivity contribution < 1.29 is 8.78 Å². The highest BCUT2D eigenvalue weighted by Crippen LogP contribution is 2.16. The Labute approximate surface area is 81.8 Å². The van der Waals surface area contributed by atoms with Gasteiger partial charge in [0.1, 0.15) is 11.3 Å². The number of aromatic amines is 1. The molecule has 76 valence electrons. The number of H-pyrrole nitrogens is 1. The molecule has 1 N–H and O–H groups in total. The Morgan fingerprint density at radius 1 is 1.33 bits per heavy atom. The standard InChI is InChI=1S/C8H4F2N4O/c9-4-3-11-8(15)6(7(4)10)5-1-2-12-14-13-5/h1-3H,(H,11,15). The summed E-state index contributed by atoms with van der Waals surface area (Å²) in [5, 5.41) is 10.0. The first-order chi connectivity index (χ1) is 7.20. The van der Waals surface area contributed by atoms with Crippen molar-refractivity contribution in [2.75, 3.05) is 0 Å². The van der Waals surface area contributed by atoms with Crippen LogP contribution in [0.3, 0.4) is 0 Å². The van der Waals surface area contributed by atoms with Gasteiger partial charge >= 0.3 is 0 Å². The van der Waals surface area contributed by atoms with E-state index in [0.29, 0.717) is 6.20 Å². The van der Waals surface area contributed by atoms with Gasteiger partial charge in [-0.05, 0) is 11.3 Å². The van der Waals surface area contributed by atoms with Crippen molar-refractivity contribution in [3.63, 3.8) is 0 Å². The lowest BCUT2D eigenvalue weighted by atomic mass is 10.2. The van der Waals surface area contributed by atoms with Crippen molar-refractivity contribution in [1.82, 2.24) is 20.4 Å². The minimum atomic E-state index is -1.25. The number of rotatable bonds is 1. The van der Waals surface area contributed by atoms with E-state index in [0.717, 1.165) is 0 Å². The van der Waals surface area contributed by atoms with Crippen LogP contribution >= 0.6 is 0 Å². The van der Waals surface area contributed by atoms with Gasteiger partial charge in [-0.1, -0.05) is 0 Å². The first-order valence-corrected chi connectivity index (χ1v) is 3.91. The topological polar surface area (TPSA) is 71.5 Å². The molecule has 5 nitrogen and oxygen atoms in total. The quantitative estimate of drug-likeness (QED) is 0.744. The summed E-state index contributed by atoms with van der Waals surface area (Å²) in [5.74, 6) is -2.40.